The Morgan fingerprint density at radius 1 is 0.661 bits per heavy atom. The molecule has 8 aliphatic rings. The molecule has 0 spiro atoms. The van der Waals surface area contributed by atoms with Crippen molar-refractivity contribution in [1.82, 2.24) is 10.2 Å². The fourth-order valence-corrected chi connectivity index (χ4v) is 17.3. The number of hydrogen-bond donors (Lipinski definition) is 1. The van der Waals surface area contributed by atoms with Gasteiger partial charge in [0.15, 0.2) is 0 Å². The van der Waals surface area contributed by atoms with Crippen LogP contribution < -0.4 is 5.32 Å². The lowest BCUT2D eigenvalue weighted by molar-refractivity contribution is -0.251. The van der Waals surface area contributed by atoms with Crippen molar-refractivity contribution in [2.24, 2.45) is 85.2 Å². The van der Waals surface area contributed by atoms with Crippen LogP contribution in [-0.2, 0) is 28.7 Å². The Kier molecular flexibility index (Phi) is 11.2. The quantitative estimate of drug-likeness (QED) is 0.202. The molecule has 1 saturated heterocycles. The van der Waals surface area contributed by atoms with E-state index in [0.29, 0.717) is 36.0 Å². The van der Waals surface area contributed by atoms with Gasteiger partial charge < -0.3 is 19.7 Å². The number of amides is 2. The third-order valence-corrected chi connectivity index (χ3v) is 21.5. The summed E-state index contributed by atoms with van der Waals surface area (Å²) in [7, 11) is 0. The van der Waals surface area contributed by atoms with Crippen LogP contribution in [0.1, 0.15) is 186 Å². The third kappa shape index (κ3) is 6.73. The van der Waals surface area contributed by atoms with Crippen LogP contribution in [0, 0.1) is 85.2 Å². The average Bonchev–Trinajstić information content (AvgIpc) is 3.58. The van der Waals surface area contributed by atoms with Crippen LogP contribution in [0.3, 0.4) is 0 Å². The topological polar surface area (TPSA) is 102 Å². The highest BCUT2D eigenvalue weighted by molar-refractivity contribution is 5.86. The molecule has 7 aliphatic carbocycles. The van der Waals surface area contributed by atoms with Gasteiger partial charge in [-0.15, -0.1) is 0 Å². The van der Waals surface area contributed by atoms with Crippen LogP contribution in [0.2, 0.25) is 0 Å². The van der Waals surface area contributed by atoms with Gasteiger partial charge in [-0.2, -0.15) is 0 Å². The highest BCUT2D eigenvalue weighted by Crippen LogP contribution is 2.78. The van der Waals surface area contributed by atoms with Gasteiger partial charge >= 0.3 is 11.9 Å². The molecule has 2 amide bonds. The van der Waals surface area contributed by atoms with Crippen molar-refractivity contribution in [2.45, 2.75) is 204 Å². The predicted octanol–water partition coefficient (Wildman–Crippen LogP) is 11.1. The number of likely N-dealkylation sites (tertiary alicyclic amines) is 1. The fourth-order valence-electron chi connectivity index (χ4n) is 17.3. The minimum Gasteiger partial charge on any atom is -0.462 e. The molecule has 2 unspecified atom stereocenters. The lowest BCUT2D eigenvalue weighted by atomic mass is 9.32. The number of rotatable bonds is 7. The van der Waals surface area contributed by atoms with Crippen LogP contribution >= 0.6 is 0 Å². The Bertz CT molecular complexity index is 1840. The van der Waals surface area contributed by atoms with Crippen molar-refractivity contribution in [2.75, 3.05) is 13.1 Å². The van der Waals surface area contributed by atoms with Crippen molar-refractivity contribution in [3.8, 4) is 0 Å². The fraction of sp³-hybridized carbons (Fsp3) is 0.889. The molecule has 1 heterocycles. The Balaban J connectivity index is 0.975. The summed E-state index contributed by atoms with van der Waals surface area (Å²) in [5, 5.41) is 3.67. The molecule has 62 heavy (non-hydrogen) atoms. The average molecular weight is 859 g/mol. The highest BCUT2D eigenvalue weighted by Gasteiger charge is 2.72. The predicted molar refractivity (Wildman–Crippen MR) is 244 cm³/mol. The van der Waals surface area contributed by atoms with E-state index >= 15 is 4.79 Å². The molecule has 0 aromatic carbocycles. The van der Waals surface area contributed by atoms with Crippen LogP contribution in [0.4, 0.5) is 0 Å². The number of piperidine rings is 1. The lowest BCUT2D eigenvalue weighted by Gasteiger charge is -2.73. The number of nitrogens with one attached hydrogen (secondary N) is 1. The van der Waals surface area contributed by atoms with E-state index in [-0.39, 0.29) is 86.2 Å². The second-order valence-electron chi connectivity index (χ2n) is 26.3. The van der Waals surface area contributed by atoms with E-state index in [1.54, 1.807) is 0 Å². The summed E-state index contributed by atoms with van der Waals surface area (Å²) in [5.41, 5.74) is -0.271. The SMILES string of the molecule is C=C(C)[C@@H]1CC[C@]2(C(=O)N[C@@H]3C[C@H](C(=O)N4CCCCC4)C3(C)C)CC[C@]3(C)[C@H](CC[C@@H]4[C@@]5(C)CC[C@H](OC(=O)C6CC(C(=O)OC(C)(C)C)C6(C)C)C(C)(C)[C@@H]5CC[C@]43C)[C@@H]12. The Morgan fingerprint density at radius 2 is 1.32 bits per heavy atom. The summed E-state index contributed by atoms with van der Waals surface area (Å²) >= 11 is 0. The van der Waals surface area contributed by atoms with Gasteiger partial charge in [-0.1, -0.05) is 74.5 Å². The molecule has 0 radical (unpaired) electrons. The molecule has 348 valence electrons. The number of carbonyl (C=O) groups excluding carboxylic acids is 4. The lowest BCUT2D eigenvalue weighted by Crippen LogP contribution is -2.68. The Hall–Kier alpha value is -2.38. The monoisotopic (exact) mass is 859 g/mol. The van der Waals surface area contributed by atoms with Crippen LogP contribution in [-0.4, -0.2) is 59.5 Å². The zero-order chi connectivity index (χ0) is 45.4. The molecule has 14 atom stereocenters. The van der Waals surface area contributed by atoms with Crippen molar-refractivity contribution in [3.05, 3.63) is 12.2 Å². The van der Waals surface area contributed by atoms with Crippen molar-refractivity contribution < 1.29 is 28.7 Å². The normalized spacial score (nSPS) is 45.0. The number of carbonyl (C=O) groups is 4. The minimum atomic E-state index is -0.556. The Labute approximate surface area is 376 Å². The van der Waals surface area contributed by atoms with Crippen molar-refractivity contribution in [1.29, 1.82) is 0 Å². The van der Waals surface area contributed by atoms with Crippen LogP contribution in [0.5, 0.6) is 0 Å². The number of fused-ring (bicyclic) bond motifs is 7. The molecule has 1 N–H and O–H groups in total. The first-order chi connectivity index (χ1) is 28.7. The van der Waals surface area contributed by atoms with Gasteiger partial charge in [0.05, 0.1) is 17.3 Å². The van der Waals surface area contributed by atoms with Gasteiger partial charge in [0.1, 0.15) is 11.7 Å². The van der Waals surface area contributed by atoms with E-state index in [1.807, 2.05) is 34.6 Å². The molecule has 8 fully saturated rings. The summed E-state index contributed by atoms with van der Waals surface area (Å²) in [5.74, 6) is 1.66. The molecule has 0 aromatic heterocycles. The first kappa shape index (κ1) is 46.2. The Morgan fingerprint density at radius 3 is 1.94 bits per heavy atom. The summed E-state index contributed by atoms with van der Waals surface area (Å²) in [4.78, 5) is 57.9. The van der Waals surface area contributed by atoms with Gasteiger partial charge in [-0.3, -0.25) is 19.2 Å². The maximum Gasteiger partial charge on any atom is 0.310 e. The molecular weight excluding hydrogens is 773 g/mol. The van der Waals surface area contributed by atoms with E-state index < -0.39 is 11.0 Å². The second-order valence-corrected chi connectivity index (χ2v) is 26.3. The summed E-state index contributed by atoms with van der Waals surface area (Å²) in [6.07, 6.45) is 15.0. The molecule has 1 aliphatic heterocycles. The first-order valence-electron chi connectivity index (χ1n) is 25.4. The number of allylic oxidation sites excluding steroid dienone is 1. The molecule has 0 bridgehead atoms. The number of esters is 2. The minimum absolute atomic E-state index is 0.0205. The summed E-state index contributed by atoms with van der Waals surface area (Å²) in [6, 6.07) is 0.0246. The second kappa shape index (κ2) is 15.1. The van der Waals surface area contributed by atoms with Crippen molar-refractivity contribution >= 4 is 23.8 Å². The number of hydrogen-bond acceptors (Lipinski definition) is 6. The maximum atomic E-state index is 15.1. The zero-order valence-electron chi connectivity index (χ0n) is 41.4. The van der Waals surface area contributed by atoms with E-state index in [9.17, 15) is 14.4 Å². The largest absolute Gasteiger partial charge is 0.462 e. The standard InChI is InChI=1S/C54H86N2O6/c1-32(2)33-20-25-54(46(60)55-40-31-35(49(40,8)9)43(57)56-28-16-15-17-29-56)27-26-52(13)34(42(33)54)18-19-39-51(12)23-22-41(50(10,11)38(51)21-24-53(39,52)14)61-44(58)36-30-37(48(36,6)7)45(59)62-47(3,4)5/h33-42H,1,15-31H2,2-14H3,(H,55,60)/t33-,34+,35+,36?,37?,38-,39+,40+,41-,42+,51-,52+,53+,54-/m0/s1. The molecule has 8 rings (SSSR count). The van der Waals surface area contributed by atoms with Crippen LogP contribution in [0.25, 0.3) is 0 Å². The van der Waals surface area contributed by atoms with E-state index in [4.69, 9.17) is 9.47 Å². The van der Waals surface area contributed by atoms with E-state index in [0.717, 1.165) is 90.1 Å². The van der Waals surface area contributed by atoms with Gasteiger partial charge in [-0.05, 0) is 181 Å². The van der Waals surface area contributed by atoms with Crippen molar-refractivity contribution in [3.63, 3.8) is 0 Å². The number of nitrogens with zero attached hydrogens (tertiary/aromatic N) is 1. The van der Waals surface area contributed by atoms with E-state index in [2.05, 4.69) is 72.2 Å². The van der Waals surface area contributed by atoms with Crippen LogP contribution in [0.15, 0.2) is 12.2 Å². The number of ether oxygens (including phenoxy) is 2. The first-order valence-corrected chi connectivity index (χ1v) is 25.4. The van der Waals surface area contributed by atoms with Gasteiger partial charge in [0, 0.05) is 30.5 Å². The maximum absolute atomic E-state index is 15.1. The molecular formula is C54H86N2O6. The third-order valence-electron chi connectivity index (χ3n) is 21.5. The highest BCUT2D eigenvalue weighted by atomic mass is 16.6. The van der Waals surface area contributed by atoms with E-state index in [1.165, 1.54) is 18.4 Å². The zero-order valence-corrected chi connectivity index (χ0v) is 41.4. The van der Waals surface area contributed by atoms with Gasteiger partial charge in [-0.25, -0.2) is 0 Å². The molecule has 0 aromatic rings. The smallest absolute Gasteiger partial charge is 0.310 e. The molecule has 8 nitrogen and oxygen atoms in total. The summed E-state index contributed by atoms with van der Waals surface area (Å²) < 4.78 is 12.3. The summed E-state index contributed by atoms with van der Waals surface area (Å²) in [6.45, 7) is 35.3. The van der Waals surface area contributed by atoms with Gasteiger partial charge in [0.2, 0.25) is 11.8 Å². The molecule has 8 heteroatoms. The van der Waals surface area contributed by atoms with Gasteiger partial charge in [0.25, 0.3) is 0 Å². The molecule has 7 saturated carbocycles.